The first-order valence-corrected chi connectivity index (χ1v) is 23.6. The summed E-state index contributed by atoms with van der Waals surface area (Å²) in [5.74, 6) is 15.4. The van der Waals surface area contributed by atoms with Crippen molar-refractivity contribution in [1.29, 1.82) is 0 Å². The normalized spacial score (nSPS) is 26.7. The van der Waals surface area contributed by atoms with Gasteiger partial charge in [0.05, 0.1) is 0 Å². The van der Waals surface area contributed by atoms with Gasteiger partial charge in [0.1, 0.15) is 0 Å². The third-order valence-electron chi connectivity index (χ3n) is 13.7. The summed E-state index contributed by atoms with van der Waals surface area (Å²) >= 11 is 0. The lowest BCUT2D eigenvalue weighted by molar-refractivity contribution is -0.109. The predicted octanol–water partition coefficient (Wildman–Crippen LogP) is 16.9. The van der Waals surface area contributed by atoms with Crippen molar-refractivity contribution in [1.82, 2.24) is 0 Å². The number of unbranched alkanes of at least 4 members (excludes halogenated alkanes) is 19. The van der Waals surface area contributed by atoms with Crippen LogP contribution < -0.4 is 0 Å². The minimum Gasteiger partial charge on any atom is -0.103 e. The number of rotatable bonds is 30. The highest BCUT2D eigenvalue weighted by Gasteiger charge is 2.54. The summed E-state index contributed by atoms with van der Waals surface area (Å²) in [7, 11) is 0. The Bertz CT molecular complexity index is 782. The SMILES string of the molecule is CCCCC#CCC1C(CCCCCC)C(CCCCCCCC)C2C(CCCCCCCC)CCC(CCCCC)C2C1CCCCC. The summed E-state index contributed by atoms with van der Waals surface area (Å²) in [4.78, 5) is 0. The molecule has 49 heavy (non-hydrogen) atoms. The van der Waals surface area contributed by atoms with Crippen LogP contribution in [-0.4, -0.2) is 0 Å². The number of hydrogen-bond acceptors (Lipinski definition) is 0. The van der Waals surface area contributed by atoms with Crippen LogP contribution in [0.2, 0.25) is 0 Å². The Hall–Kier alpha value is -0.440. The molecule has 2 saturated carbocycles. The lowest BCUT2D eigenvalue weighted by Crippen LogP contribution is -2.53. The van der Waals surface area contributed by atoms with Crippen molar-refractivity contribution >= 4 is 0 Å². The molecule has 0 aromatic carbocycles. The van der Waals surface area contributed by atoms with Gasteiger partial charge < -0.3 is 0 Å². The molecule has 0 saturated heterocycles. The van der Waals surface area contributed by atoms with Gasteiger partial charge in [-0.25, -0.2) is 0 Å². The zero-order chi connectivity index (χ0) is 35.4. The van der Waals surface area contributed by atoms with Gasteiger partial charge in [-0.1, -0.05) is 202 Å². The minimum absolute atomic E-state index is 0.861. The first-order valence-electron chi connectivity index (χ1n) is 23.6. The molecule has 2 aliphatic rings. The van der Waals surface area contributed by atoms with Crippen LogP contribution in [0.25, 0.3) is 0 Å². The maximum Gasteiger partial charge on any atom is 0.0123 e. The van der Waals surface area contributed by atoms with Gasteiger partial charge in [0, 0.05) is 12.8 Å². The second kappa shape index (κ2) is 30.1. The van der Waals surface area contributed by atoms with Crippen molar-refractivity contribution in [2.24, 2.45) is 47.3 Å². The standard InChI is InChI=1S/C49H92/c1-7-13-19-23-26-30-35-43-41-40-42(34-28-17-11-5)48-46(38-29-18-12-6)45(37-32-25-21-15-9-3)44(36-31-22-16-10-4)47(49(43)48)39-33-27-24-20-14-8-2/h42-49H,7-24,26-31,33-41H2,1-6H3. The molecule has 8 atom stereocenters. The molecule has 0 aromatic rings. The molecule has 2 rings (SSSR count). The molecule has 8 unspecified atom stereocenters. The van der Waals surface area contributed by atoms with Crippen LogP contribution in [0.3, 0.4) is 0 Å². The Morgan fingerprint density at radius 2 is 0.673 bits per heavy atom. The monoisotopic (exact) mass is 681 g/mol. The molecule has 0 spiro atoms. The van der Waals surface area contributed by atoms with E-state index in [0.29, 0.717) is 0 Å². The van der Waals surface area contributed by atoms with Crippen LogP contribution in [0.5, 0.6) is 0 Å². The van der Waals surface area contributed by atoms with Gasteiger partial charge in [0.2, 0.25) is 0 Å². The minimum atomic E-state index is 0.861. The van der Waals surface area contributed by atoms with Gasteiger partial charge in [-0.15, -0.1) is 11.8 Å². The van der Waals surface area contributed by atoms with E-state index in [1.807, 2.05) is 0 Å². The van der Waals surface area contributed by atoms with E-state index in [4.69, 9.17) is 0 Å². The Morgan fingerprint density at radius 3 is 1.18 bits per heavy atom. The van der Waals surface area contributed by atoms with Crippen molar-refractivity contribution in [2.45, 2.75) is 253 Å². The van der Waals surface area contributed by atoms with Crippen LogP contribution in [-0.2, 0) is 0 Å². The quantitative estimate of drug-likeness (QED) is 0.0523. The van der Waals surface area contributed by atoms with Gasteiger partial charge in [-0.3, -0.25) is 0 Å². The Kier molecular flexibility index (Phi) is 27.4. The predicted molar refractivity (Wildman–Crippen MR) is 222 cm³/mol. The molecular weight excluding hydrogens is 589 g/mol. The van der Waals surface area contributed by atoms with Crippen molar-refractivity contribution in [3.63, 3.8) is 0 Å². The van der Waals surface area contributed by atoms with Crippen molar-refractivity contribution in [3.05, 3.63) is 0 Å². The molecule has 2 aliphatic carbocycles. The van der Waals surface area contributed by atoms with Crippen LogP contribution in [0.15, 0.2) is 0 Å². The molecule has 0 N–H and O–H groups in total. The van der Waals surface area contributed by atoms with Gasteiger partial charge >= 0.3 is 0 Å². The summed E-state index contributed by atoms with van der Waals surface area (Å²) in [5.41, 5.74) is 0. The third kappa shape index (κ3) is 17.3. The smallest absolute Gasteiger partial charge is 0.0123 e. The maximum atomic E-state index is 3.94. The fourth-order valence-corrected chi connectivity index (χ4v) is 11.1. The summed E-state index contributed by atoms with van der Waals surface area (Å²) in [6.07, 6.45) is 47.5. The van der Waals surface area contributed by atoms with Gasteiger partial charge in [0.15, 0.2) is 0 Å². The summed E-state index contributed by atoms with van der Waals surface area (Å²) in [6, 6.07) is 0. The second-order valence-corrected chi connectivity index (χ2v) is 17.5. The van der Waals surface area contributed by atoms with E-state index >= 15 is 0 Å². The van der Waals surface area contributed by atoms with Crippen LogP contribution in [0, 0.1) is 59.2 Å². The highest BCUT2D eigenvalue weighted by atomic mass is 14.6. The third-order valence-corrected chi connectivity index (χ3v) is 13.7. The summed E-state index contributed by atoms with van der Waals surface area (Å²) < 4.78 is 0. The molecule has 0 radical (unpaired) electrons. The molecular formula is C49H92. The van der Waals surface area contributed by atoms with Crippen LogP contribution >= 0.6 is 0 Å². The van der Waals surface area contributed by atoms with Crippen LogP contribution in [0.1, 0.15) is 253 Å². The molecule has 0 aromatic heterocycles. The lowest BCUT2D eigenvalue weighted by Gasteiger charge is -2.59. The average Bonchev–Trinajstić information content (AvgIpc) is 3.11. The van der Waals surface area contributed by atoms with E-state index in [-0.39, 0.29) is 0 Å². The van der Waals surface area contributed by atoms with Crippen molar-refractivity contribution < 1.29 is 0 Å². The van der Waals surface area contributed by atoms with E-state index in [0.717, 1.165) is 53.8 Å². The number of hydrogen-bond donors (Lipinski definition) is 0. The molecule has 288 valence electrons. The van der Waals surface area contributed by atoms with E-state index in [2.05, 4.69) is 53.4 Å². The molecule has 0 heterocycles. The number of fused-ring (bicyclic) bond motifs is 1. The molecule has 0 aliphatic heterocycles. The van der Waals surface area contributed by atoms with Crippen molar-refractivity contribution in [3.8, 4) is 11.8 Å². The Balaban J connectivity index is 2.53. The molecule has 2 fully saturated rings. The summed E-state index contributed by atoms with van der Waals surface area (Å²) in [6.45, 7) is 14.3. The average molecular weight is 681 g/mol. The zero-order valence-electron chi connectivity index (χ0n) is 35.0. The first-order chi connectivity index (χ1) is 24.2. The highest BCUT2D eigenvalue weighted by Crippen LogP contribution is 2.61. The molecule has 0 bridgehead atoms. The second-order valence-electron chi connectivity index (χ2n) is 17.5. The molecule has 0 heteroatoms. The van der Waals surface area contributed by atoms with E-state index in [1.54, 1.807) is 25.7 Å². The zero-order valence-corrected chi connectivity index (χ0v) is 35.0. The molecule has 0 nitrogen and oxygen atoms in total. The van der Waals surface area contributed by atoms with Gasteiger partial charge in [-0.05, 0) is 85.9 Å². The van der Waals surface area contributed by atoms with Gasteiger partial charge in [-0.2, -0.15) is 0 Å². The molecule has 0 amide bonds. The maximum absolute atomic E-state index is 3.94. The Morgan fingerprint density at radius 1 is 0.327 bits per heavy atom. The Labute approximate surface area is 311 Å². The highest BCUT2D eigenvalue weighted by molar-refractivity contribution is 5.08. The topological polar surface area (TPSA) is 0 Å². The van der Waals surface area contributed by atoms with Gasteiger partial charge in [0.25, 0.3) is 0 Å². The fourth-order valence-electron chi connectivity index (χ4n) is 11.1. The van der Waals surface area contributed by atoms with E-state index in [1.165, 1.54) is 180 Å². The largest absolute Gasteiger partial charge is 0.103 e. The van der Waals surface area contributed by atoms with Crippen LogP contribution in [0.4, 0.5) is 0 Å². The first kappa shape index (κ1) is 44.7. The lowest BCUT2D eigenvalue weighted by atomic mass is 9.45. The fraction of sp³-hybridized carbons (Fsp3) is 0.959. The summed E-state index contributed by atoms with van der Waals surface area (Å²) in [5, 5.41) is 0. The van der Waals surface area contributed by atoms with E-state index in [9.17, 15) is 0 Å². The van der Waals surface area contributed by atoms with Crippen molar-refractivity contribution in [2.75, 3.05) is 0 Å². The van der Waals surface area contributed by atoms with E-state index < -0.39 is 0 Å².